The Kier molecular flexibility index (Phi) is 4.30. The molecule has 136 valence electrons. The highest BCUT2D eigenvalue weighted by Gasteiger charge is 2.54. The van der Waals surface area contributed by atoms with Gasteiger partial charge in [0.15, 0.2) is 0 Å². The van der Waals surface area contributed by atoms with Gasteiger partial charge in [-0.2, -0.15) is 0 Å². The average molecular weight is 362 g/mol. The van der Waals surface area contributed by atoms with Crippen LogP contribution in [0.25, 0.3) is 0 Å². The van der Waals surface area contributed by atoms with Crippen LogP contribution in [0.1, 0.15) is 57.4 Å². The third-order valence-electron chi connectivity index (χ3n) is 6.26. The SMILES string of the molecule is CCc1nnc(NC(=O)[C@@H](C)NC(=O)C23CC4CC(CC(C4)C2)C3)s1. The number of aryl methyl sites for hydroxylation is 1. The zero-order chi connectivity index (χ0) is 17.6. The van der Waals surface area contributed by atoms with Gasteiger partial charge in [0, 0.05) is 5.41 Å². The highest BCUT2D eigenvalue weighted by atomic mass is 32.1. The lowest BCUT2D eigenvalue weighted by Gasteiger charge is -2.55. The summed E-state index contributed by atoms with van der Waals surface area (Å²) in [5.41, 5.74) is -0.221. The Balaban J connectivity index is 1.38. The van der Waals surface area contributed by atoms with Crippen molar-refractivity contribution in [3.63, 3.8) is 0 Å². The Morgan fingerprint density at radius 2 is 1.76 bits per heavy atom. The molecule has 6 nitrogen and oxygen atoms in total. The first-order chi connectivity index (χ1) is 12.0. The van der Waals surface area contributed by atoms with E-state index in [0.29, 0.717) is 5.13 Å². The van der Waals surface area contributed by atoms with Crippen LogP contribution in [0.4, 0.5) is 5.13 Å². The van der Waals surface area contributed by atoms with Gasteiger partial charge in [-0.3, -0.25) is 14.9 Å². The summed E-state index contributed by atoms with van der Waals surface area (Å²) in [5, 5.41) is 15.1. The van der Waals surface area contributed by atoms with Gasteiger partial charge in [-0.1, -0.05) is 18.3 Å². The van der Waals surface area contributed by atoms with E-state index in [0.717, 1.165) is 48.4 Å². The van der Waals surface area contributed by atoms with Gasteiger partial charge in [-0.15, -0.1) is 10.2 Å². The molecular formula is C18H26N4O2S. The van der Waals surface area contributed by atoms with Crippen molar-refractivity contribution in [2.24, 2.45) is 23.2 Å². The summed E-state index contributed by atoms with van der Waals surface area (Å²) in [6.45, 7) is 3.75. The van der Waals surface area contributed by atoms with E-state index in [9.17, 15) is 9.59 Å². The van der Waals surface area contributed by atoms with Gasteiger partial charge in [0.2, 0.25) is 16.9 Å². The zero-order valence-electron chi connectivity index (χ0n) is 14.9. The number of hydrogen-bond acceptors (Lipinski definition) is 5. The predicted octanol–water partition coefficient (Wildman–Crippen LogP) is 2.76. The fraction of sp³-hybridized carbons (Fsp3) is 0.778. The molecular weight excluding hydrogens is 336 g/mol. The Morgan fingerprint density at radius 3 is 2.28 bits per heavy atom. The fourth-order valence-electron chi connectivity index (χ4n) is 5.46. The summed E-state index contributed by atoms with van der Waals surface area (Å²) in [4.78, 5) is 25.4. The molecule has 1 aromatic heterocycles. The molecule has 0 unspecified atom stereocenters. The first kappa shape index (κ1) is 16.9. The molecule has 5 rings (SSSR count). The summed E-state index contributed by atoms with van der Waals surface area (Å²) in [5.74, 6) is 2.01. The normalized spacial score (nSPS) is 33.9. The van der Waals surface area contributed by atoms with Crippen molar-refractivity contribution >= 4 is 28.3 Å². The molecule has 25 heavy (non-hydrogen) atoms. The maximum absolute atomic E-state index is 13.0. The molecule has 4 saturated carbocycles. The molecule has 2 N–H and O–H groups in total. The van der Waals surface area contributed by atoms with Gasteiger partial charge in [-0.05, 0) is 69.6 Å². The van der Waals surface area contributed by atoms with Crippen LogP contribution in [-0.4, -0.2) is 28.1 Å². The smallest absolute Gasteiger partial charge is 0.248 e. The Hall–Kier alpha value is -1.50. The summed E-state index contributed by atoms with van der Waals surface area (Å²) in [7, 11) is 0. The Morgan fingerprint density at radius 1 is 1.16 bits per heavy atom. The van der Waals surface area contributed by atoms with E-state index in [-0.39, 0.29) is 17.2 Å². The molecule has 0 saturated heterocycles. The minimum Gasteiger partial charge on any atom is -0.344 e. The molecule has 1 atom stereocenters. The molecule has 7 heteroatoms. The quantitative estimate of drug-likeness (QED) is 0.843. The van der Waals surface area contributed by atoms with Crippen LogP contribution >= 0.6 is 11.3 Å². The molecule has 2 amide bonds. The maximum Gasteiger partial charge on any atom is 0.248 e. The fourth-order valence-corrected chi connectivity index (χ4v) is 6.15. The minimum atomic E-state index is -0.561. The van der Waals surface area contributed by atoms with Crippen LogP contribution in [0.15, 0.2) is 0 Å². The summed E-state index contributed by atoms with van der Waals surface area (Å²) in [6.07, 6.45) is 7.74. The zero-order valence-corrected chi connectivity index (χ0v) is 15.7. The van der Waals surface area contributed by atoms with E-state index >= 15 is 0 Å². The molecule has 4 aliphatic rings. The van der Waals surface area contributed by atoms with Crippen molar-refractivity contribution in [1.82, 2.24) is 15.5 Å². The highest BCUT2D eigenvalue weighted by Crippen LogP contribution is 2.60. The molecule has 0 radical (unpaired) electrons. The summed E-state index contributed by atoms with van der Waals surface area (Å²) < 4.78 is 0. The number of amides is 2. The van der Waals surface area contributed by atoms with Crippen molar-refractivity contribution in [3.05, 3.63) is 5.01 Å². The van der Waals surface area contributed by atoms with Crippen LogP contribution in [0.3, 0.4) is 0 Å². The Labute approximate surface area is 152 Å². The van der Waals surface area contributed by atoms with Crippen molar-refractivity contribution < 1.29 is 9.59 Å². The van der Waals surface area contributed by atoms with Gasteiger partial charge < -0.3 is 5.32 Å². The molecule has 1 aromatic rings. The van der Waals surface area contributed by atoms with Gasteiger partial charge in [0.1, 0.15) is 11.0 Å². The van der Waals surface area contributed by atoms with Crippen LogP contribution in [0.2, 0.25) is 0 Å². The molecule has 0 aliphatic heterocycles. The predicted molar refractivity (Wildman–Crippen MR) is 96.1 cm³/mol. The first-order valence-corrected chi connectivity index (χ1v) is 10.2. The molecule has 1 heterocycles. The third kappa shape index (κ3) is 3.18. The van der Waals surface area contributed by atoms with Crippen LogP contribution in [-0.2, 0) is 16.0 Å². The summed E-state index contributed by atoms with van der Waals surface area (Å²) >= 11 is 1.38. The lowest BCUT2D eigenvalue weighted by Crippen LogP contribution is -2.56. The average Bonchev–Trinajstić information content (AvgIpc) is 3.01. The lowest BCUT2D eigenvalue weighted by molar-refractivity contribution is -0.147. The molecule has 0 spiro atoms. The number of carbonyl (C=O) groups excluding carboxylic acids is 2. The first-order valence-electron chi connectivity index (χ1n) is 9.41. The summed E-state index contributed by atoms with van der Waals surface area (Å²) in [6, 6.07) is -0.561. The number of anilines is 1. The van der Waals surface area contributed by atoms with Crippen LogP contribution in [0, 0.1) is 23.2 Å². The van der Waals surface area contributed by atoms with E-state index in [2.05, 4.69) is 20.8 Å². The monoisotopic (exact) mass is 362 g/mol. The Bertz CT molecular complexity index is 651. The van der Waals surface area contributed by atoms with E-state index in [1.165, 1.54) is 30.6 Å². The van der Waals surface area contributed by atoms with E-state index in [1.807, 2.05) is 6.92 Å². The standard InChI is InChI=1S/C18H26N4O2S/c1-3-14-21-22-17(25-14)20-15(23)10(2)19-16(24)18-7-11-4-12(8-18)6-13(5-11)9-18/h10-13H,3-9H2,1-2H3,(H,19,24)(H,20,22,23)/t10-,11?,12?,13?,18?/m1/s1. The molecule has 4 aliphatic carbocycles. The largest absolute Gasteiger partial charge is 0.344 e. The molecule has 4 fully saturated rings. The number of nitrogens with one attached hydrogen (secondary N) is 2. The van der Waals surface area contributed by atoms with Crippen LogP contribution in [0.5, 0.6) is 0 Å². The van der Waals surface area contributed by atoms with E-state index in [4.69, 9.17) is 0 Å². The molecule has 4 bridgehead atoms. The van der Waals surface area contributed by atoms with Crippen LogP contribution < -0.4 is 10.6 Å². The van der Waals surface area contributed by atoms with Crippen molar-refractivity contribution in [2.45, 2.75) is 64.8 Å². The number of nitrogens with zero attached hydrogens (tertiary/aromatic N) is 2. The second-order valence-corrected chi connectivity index (χ2v) is 9.30. The van der Waals surface area contributed by atoms with Gasteiger partial charge >= 0.3 is 0 Å². The second-order valence-electron chi connectivity index (χ2n) is 8.24. The second kappa shape index (κ2) is 6.34. The van der Waals surface area contributed by atoms with E-state index < -0.39 is 6.04 Å². The topological polar surface area (TPSA) is 84.0 Å². The number of rotatable bonds is 5. The third-order valence-corrected chi connectivity index (χ3v) is 7.24. The lowest BCUT2D eigenvalue weighted by atomic mass is 9.49. The number of aromatic nitrogens is 2. The molecule has 0 aromatic carbocycles. The van der Waals surface area contributed by atoms with Gasteiger partial charge in [0.05, 0.1) is 0 Å². The van der Waals surface area contributed by atoms with Crippen molar-refractivity contribution in [3.8, 4) is 0 Å². The number of carbonyl (C=O) groups is 2. The minimum absolute atomic E-state index is 0.0840. The van der Waals surface area contributed by atoms with Gasteiger partial charge in [0.25, 0.3) is 0 Å². The highest BCUT2D eigenvalue weighted by molar-refractivity contribution is 7.15. The van der Waals surface area contributed by atoms with E-state index in [1.54, 1.807) is 6.92 Å². The van der Waals surface area contributed by atoms with Gasteiger partial charge in [-0.25, -0.2) is 0 Å². The maximum atomic E-state index is 13.0. The number of hydrogen-bond donors (Lipinski definition) is 2. The van der Waals surface area contributed by atoms with Crippen molar-refractivity contribution in [1.29, 1.82) is 0 Å². The van der Waals surface area contributed by atoms with Crippen molar-refractivity contribution in [2.75, 3.05) is 5.32 Å².